The maximum Gasteiger partial charge on any atom is 0.0468 e. The summed E-state index contributed by atoms with van der Waals surface area (Å²) in [7, 11) is 0. The average molecular weight is 213 g/mol. The minimum absolute atomic E-state index is 0.296. The molecule has 0 heterocycles. The van der Waals surface area contributed by atoms with E-state index in [1.165, 1.54) is 38.5 Å². The van der Waals surface area contributed by atoms with Gasteiger partial charge in [-0.15, -0.1) is 0 Å². The van der Waals surface area contributed by atoms with Gasteiger partial charge in [0.05, 0.1) is 0 Å². The van der Waals surface area contributed by atoms with Gasteiger partial charge in [0.15, 0.2) is 0 Å². The molecule has 0 saturated heterocycles. The number of nitrogens with one attached hydrogen (secondary N) is 1. The number of aliphatic hydroxyl groups is 1. The molecule has 1 unspecified atom stereocenters. The van der Waals surface area contributed by atoms with Crippen molar-refractivity contribution in [2.45, 2.75) is 58.4 Å². The summed E-state index contributed by atoms with van der Waals surface area (Å²) in [6.45, 7) is 5.64. The number of rotatable bonds is 5. The Morgan fingerprint density at radius 1 is 1.13 bits per heavy atom. The normalized spacial score (nSPS) is 23.4. The second kappa shape index (κ2) is 7.24. The molecule has 1 rings (SSSR count). The highest BCUT2D eigenvalue weighted by Gasteiger charge is 2.18. The number of hydrogen-bond donors (Lipinski definition) is 2. The van der Waals surface area contributed by atoms with Gasteiger partial charge in [-0.25, -0.2) is 0 Å². The molecule has 0 aromatic rings. The quantitative estimate of drug-likeness (QED) is 0.688. The van der Waals surface area contributed by atoms with Crippen LogP contribution in [0.4, 0.5) is 0 Å². The van der Waals surface area contributed by atoms with Gasteiger partial charge in [0.2, 0.25) is 0 Å². The highest BCUT2D eigenvalue weighted by Crippen LogP contribution is 2.25. The summed E-state index contributed by atoms with van der Waals surface area (Å²) in [6.07, 6.45) is 8.45. The minimum Gasteiger partial charge on any atom is -0.396 e. The van der Waals surface area contributed by atoms with E-state index in [0.29, 0.717) is 18.6 Å². The predicted octanol–water partition coefficient (Wildman–Crippen LogP) is 2.56. The molecule has 0 aliphatic heterocycles. The van der Waals surface area contributed by atoms with E-state index in [0.717, 1.165) is 12.5 Å². The van der Waals surface area contributed by atoms with Gasteiger partial charge in [-0.05, 0) is 31.6 Å². The molecule has 0 aromatic heterocycles. The van der Waals surface area contributed by atoms with E-state index in [-0.39, 0.29) is 0 Å². The largest absolute Gasteiger partial charge is 0.396 e. The third-order valence-electron chi connectivity index (χ3n) is 3.71. The molecule has 1 aliphatic carbocycles. The molecule has 15 heavy (non-hydrogen) atoms. The van der Waals surface area contributed by atoms with Crippen LogP contribution in [0.15, 0.2) is 0 Å². The van der Waals surface area contributed by atoms with Crippen LogP contribution < -0.4 is 5.32 Å². The Hall–Kier alpha value is -0.0800. The maximum absolute atomic E-state index is 8.96. The van der Waals surface area contributed by atoms with E-state index in [1.807, 2.05) is 0 Å². The molecular weight excluding hydrogens is 186 g/mol. The van der Waals surface area contributed by atoms with Gasteiger partial charge in [-0.3, -0.25) is 0 Å². The first kappa shape index (κ1) is 13.0. The Kier molecular flexibility index (Phi) is 6.26. The van der Waals surface area contributed by atoms with Crippen molar-refractivity contribution in [3.8, 4) is 0 Å². The van der Waals surface area contributed by atoms with Crippen molar-refractivity contribution < 1.29 is 5.11 Å². The van der Waals surface area contributed by atoms with E-state index in [9.17, 15) is 0 Å². The van der Waals surface area contributed by atoms with Crippen molar-refractivity contribution in [2.24, 2.45) is 11.8 Å². The lowest BCUT2D eigenvalue weighted by molar-refractivity contribution is 0.223. The van der Waals surface area contributed by atoms with Crippen molar-refractivity contribution >= 4 is 0 Å². The maximum atomic E-state index is 8.96. The van der Waals surface area contributed by atoms with Gasteiger partial charge in [-0.1, -0.05) is 32.6 Å². The third-order valence-corrected chi connectivity index (χ3v) is 3.71. The molecule has 2 atom stereocenters. The lowest BCUT2D eigenvalue weighted by atomic mass is 9.93. The Bertz CT molecular complexity index is 153. The van der Waals surface area contributed by atoms with Crippen LogP contribution in [0.2, 0.25) is 0 Å². The van der Waals surface area contributed by atoms with Crippen molar-refractivity contribution in [1.82, 2.24) is 5.32 Å². The van der Waals surface area contributed by atoms with Crippen LogP contribution in [0.5, 0.6) is 0 Å². The second-order valence-corrected chi connectivity index (χ2v) is 5.24. The van der Waals surface area contributed by atoms with E-state index in [4.69, 9.17) is 5.11 Å². The fourth-order valence-corrected chi connectivity index (χ4v) is 2.43. The van der Waals surface area contributed by atoms with Gasteiger partial charge in [0.25, 0.3) is 0 Å². The molecule has 2 N–H and O–H groups in total. The first-order valence-electron chi connectivity index (χ1n) is 6.58. The molecule has 1 saturated carbocycles. The molecule has 0 aromatic carbocycles. The summed E-state index contributed by atoms with van der Waals surface area (Å²) in [5, 5.41) is 12.5. The summed E-state index contributed by atoms with van der Waals surface area (Å²) < 4.78 is 0. The Balaban J connectivity index is 2.22. The summed E-state index contributed by atoms with van der Waals surface area (Å²) in [5.41, 5.74) is 0. The lowest BCUT2D eigenvalue weighted by Crippen LogP contribution is -2.36. The van der Waals surface area contributed by atoms with Crippen molar-refractivity contribution in [2.75, 3.05) is 13.2 Å². The Morgan fingerprint density at radius 2 is 1.73 bits per heavy atom. The van der Waals surface area contributed by atoms with Crippen molar-refractivity contribution in [1.29, 1.82) is 0 Å². The van der Waals surface area contributed by atoms with Crippen LogP contribution in [0.1, 0.15) is 52.4 Å². The monoisotopic (exact) mass is 213 g/mol. The third kappa shape index (κ3) is 4.98. The summed E-state index contributed by atoms with van der Waals surface area (Å²) in [4.78, 5) is 0. The van der Waals surface area contributed by atoms with Crippen LogP contribution >= 0.6 is 0 Å². The summed E-state index contributed by atoms with van der Waals surface area (Å²) in [5.74, 6) is 1.25. The zero-order chi connectivity index (χ0) is 11.1. The van der Waals surface area contributed by atoms with Crippen LogP contribution in [-0.4, -0.2) is 24.3 Å². The van der Waals surface area contributed by atoms with Gasteiger partial charge >= 0.3 is 0 Å². The highest BCUT2D eigenvalue weighted by molar-refractivity contribution is 4.75. The molecular formula is C13H27NO. The number of aliphatic hydroxyl groups excluding tert-OH is 1. The summed E-state index contributed by atoms with van der Waals surface area (Å²) >= 11 is 0. The van der Waals surface area contributed by atoms with E-state index >= 15 is 0 Å². The standard InChI is InChI=1S/C13H27NO/c1-11(10-15)9-14-12(2)13-7-5-3-4-6-8-13/h11-15H,3-10H2,1-2H3/t11?,12-/m0/s1. The molecule has 0 bridgehead atoms. The Morgan fingerprint density at radius 3 is 2.27 bits per heavy atom. The van der Waals surface area contributed by atoms with E-state index < -0.39 is 0 Å². The first-order valence-corrected chi connectivity index (χ1v) is 6.58. The molecule has 1 fully saturated rings. The van der Waals surface area contributed by atoms with Crippen LogP contribution in [-0.2, 0) is 0 Å². The SMILES string of the molecule is CC(CO)CN[C@@H](C)C1CCCCCC1. The molecule has 2 heteroatoms. The van der Waals surface area contributed by atoms with E-state index in [1.54, 1.807) is 0 Å². The van der Waals surface area contributed by atoms with Gasteiger partial charge in [0, 0.05) is 19.2 Å². The fraction of sp³-hybridized carbons (Fsp3) is 1.00. The average Bonchev–Trinajstić information content (AvgIpc) is 2.53. The van der Waals surface area contributed by atoms with Gasteiger partial charge < -0.3 is 10.4 Å². The molecule has 0 radical (unpaired) electrons. The van der Waals surface area contributed by atoms with E-state index in [2.05, 4.69) is 19.2 Å². The predicted molar refractivity (Wildman–Crippen MR) is 64.9 cm³/mol. The van der Waals surface area contributed by atoms with Gasteiger partial charge in [0.1, 0.15) is 0 Å². The van der Waals surface area contributed by atoms with Crippen LogP contribution in [0.3, 0.4) is 0 Å². The molecule has 90 valence electrons. The first-order chi connectivity index (χ1) is 7.24. The topological polar surface area (TPSA) is 32.3 Å². The molecule has 0 spiro atoms. The number of hydrogen-bond acceptors (Lipinski definition) is 2. The smallest absolute Gasteiger partial charge is 0.0468 e. The second-order valence-electron chi connectivity index (χ2n) is 5.24. The molecule has 0 amide bonds. The van der Waals surface area contributed by atoms with Crippen LogP contribution in [0, 0.1) is 11.8 Å². The Labute approximate surface area is 94.5 Å². The molecule has 2 nitrogen and oxygen atoms in total. The van der Waals surface area contributed by atoms with Crippen molar-refractivity contribution in [3.05, 3.63) is 0 Å². The zero-order valence-electron chi connectivity index (χ0n) is 10.3. The minimum atomic E-state index is 0.296. The highest BCUT2D eigenvalue weighted by atomic mass is 16.3. The van der Waals surface area contributed by atoms with Gasteiger partial charge in [-0.2, -0.15) is 0 Å². The lowest BCUT2D eigenvalue weighted by Gasteiger charge is -2.24. The fourth-order valence-electron chi connectivity index (χ4n) is 2.43. The summed E-state index contributed by atoms with van der Waals surface area (Å²) in [6, 6.07) is 0.622. The van der Waals surface area contributed by atoms with Crippen LogP contribution in [0.25, 0.3) is 0 Å². The molecule has 1 aliphatic rings. The van der Waals surface area contributed by atoms with Crippen molar-refractivity contribution in [3.63, 3.8) is 0 Å². The zero-order valence-corrected chi connectivity index (χ0v) is 10.3.